The molecule has 1 aliphatic heterocycles. The number of ketones is 1. The maximum absolute atomic E-state index is 13.3. The summed E-state index contributed by atoms with van der Waals surface area (Å²) >= 11 is 12.4. The summed E-state index contributed by atoms with van der Waals surface area (Å²) in [5.41, 5.74) is -0.538. The average molecular weight is 430 g/mol. The van der Waals surface area contributed by atoms with Crippen LogP contribution < -0.4 is 4.90 Å². The monoisotopic (exact) mass is 429 g/mol. The summed E-state index contributed by atoms with van der Waals surface area (Å²) in [6.07, 6.45) is -0.453. The van der Waals surface area contributed by atoms with Crippen LogP contribution in [-0.2, 0) is 16.9 Å². The maximum atomic E-state index is 13.3. The van der Waals surface area contributed by atoms with E-state index < -0.39 is 23.7 Å². The maximum Gasteiger partial charge on any atom is 0.264 e. The predicted molar refractivity (Wildman–Crippen MR) is 110 cm³/mol. The lowest BCUT2D eigenvalue weighted by Crippen LogP contribution is -2.41. The second-order valence-corrected chi connectivity index (χ2v) is 7.86. The lowest BCUT2D eigenvalue weighted by atomic mass is 9.89. The largest absolute Gasteiger partial charge is 0.458 e. The molecule has 5 nitrogen and oxygen atoms in total. The molecule has 0 saturated carbocycles. The summed E-state index contributed by atoms with van der Waals surface area (Å²) in [6, 6.07) is 15.1. The van der Waals surface area contributed by atoms with Crippen LogP contribution in [0.15, 0.2) is 59.0 Å². The van der Waals surface area contributed by atoms with Crippen LogP contribution in [0.1, 0.15) is 33.9 Å². The van der Waals surface area contributed by atoms with Gasteiger partial charge in [0.15, 0.2) is 11.4 Å². The number of hydrogen-bond donors (Lipinski definition) is 1. The quantitative estimate of drug-likeness (QED) is 0.585. The minimum absolute atomic E-state index is 0.0943. The lowest BCUT2D eigenvalue weighted by Gasteiger charge is -2.22. The van der Waals surface area contributed by atoms with Gasteiger partial charge in [-0.2, -0.15) is 0 Å². The highest BCUT2D eigenvalue weighted by atomic mass is 35.5. The third-order valence-corrected chi connectivity index (χ3v) is 5.62. The van der Waals surface area contributed by atoms with Crippen molar-refractivity contribution >= 4 is 40.6 Å². The zero-order valence-corrected chi connectivity index (χ0v) is 17.0. The van der Waals surface area contributed by atoms with Gasteiger partial charge in [0.25, 0.3) is 5.91 Å². The van der Waals surface area contributed by atoms with Gasteiger partial charge < -0.3 is 14.4 Å². The van der Waals surface area contributed by atoms with Crippen molar-refractivity contribution in [2.75, 3.05) is 4.90 Å². The first-order valence-corrected chi connectivity index (χ1v) is 9.72. The molecule has 0 fully saturated rings. The molecule has 1 aliphatic rings. The van der Waals surface area contributed by atoms with Gasteiger partial charge >= 0.3 is 0 Å². The number of halogens is 2. The molecule has 0 aliphatic carbocycles. The number of fused-ring (bicyclic) bond motifs is 1. The molecule has 1 N–H and O–H groups in total. The molecule has 1 aromatic heterocycles. The Labute approximate surface area is 177 Å². The number of furan rings is 1. The Morgan fingerprint density at radius 2 is 1.90 bits per heavy atom. The fourth-order valence-electron chi connectivity index (χ4n) is 3.55. The van der Waals surface area contributed by atoms with Crippen molar-refractivity contribution in [2.45, 2.75) is 25.5 Å². The highest BCUT2D eigenvalue weighted by molar-refractivity contribution is 6.31. The van der Waals surface area contributed by atoms with E-state index in [4.69, 9.17) is 27.6 Å². The second kappa shape index (κ2) is 7.34. The van der Waals surface area contributed by atoms with E-state index in [-0.39, 0.29) is 12.3 Å². The van der Waals surface area contributed by atoms with Crippen molar-refractivity contribution in [2.24, 2.45) is 0 Å². The number of hydrogen-bond acceptors (Lipinski definition) is 4. The number of aryl methyl sites for hydroxylation is 1. The van der Waals surface area contributed by atoms with Crippen LogP contribution in [0.2, 0.25) is 10.0 Å². The van der Waals surface area contributed by atoms with Crippen molar-refractivity contribution in [3.05, 3.63) is 87.3 Å². The number of anilines is 1. The molecule has 0 bridgehead atoms. The Morgan fingerprint density at radius 3 is 2.59 bits per heavy atom. The first-order valence-electron chi connectivity index (χ1n) is 8.97. The van der Waals surface area contributed by atoms with Gasteiger partial charge in [0.1, 0.15) is 5.76 Å². The van der Waals surface area contributed by atoms with Gasteiger partial charge in [-0.15, -0.1) is 0 Å². The molecule has 0 spiro atoms. The fourth-order valence-corrected chi connectivity index (χ4v) is 3.92. The van der Waals surface area contributed by atoms with E-state index in [0.29, 0.717) is 27.1 Å². The van der Waals surface area contributed by atoms with E-state index in [1.165, 1.54) is 17.0 Å². The first-order chi connectivity index (χ1) is 13.8. The minimum atomic E-state index is -2.04. The van der Waals surface area contributed by atoms with Crippen molar-refractivity contribution in [3.63, 3.8) is 0 Å². The summed E-state index contributed by atoms with van der Waals surface area (Å²) in [7, 11) is 0. The molecule has 1 atom stereocenters. The summed E-state index contributed by atoms with van der Waals surface area (Å²) in [5, 5.41) is 12.2. The molecule has 7 heteroatoms. The molecular weight excluding hydrogens is 413 g/mol. The van der Waals surface area contributed by atoms with Crippen molar-refractivity contribution < 1.29 is 19.1 Å². The Balaban J connectivity index is 1.73. The summed E-state index contributed by atoms with van der Waals surface area (Å²) in [6.45, 7) is 1.87. The first kappa shape index (κ1) is 19.7. The smallest absolute Gasteiger partial charge is 0.264 e. The number of amides is 1. The van der Waals surface area contributed by atoms with E-state index in [1.807, 2.05) is 6.07 Å². The number of nitrogens with zero attached hydrogens (tertiary/aromatic N) is 1. The third kappa shape index (κ3) is 3.46. The topological polar surface area (TPSA) is 70.8 Å². The molecule has 0 saturated heterocycles. The van der Waals surface area contributed by atoms with Crippen LogP contribution in [0.5, 0.6) is 0 Å². The van der Waals surface area contributed by atoms with Crippen LogP contribution in [0, 0.1) is 6.92 Å². The molecule has 0 unspecified atom stereocenters. The van der Waals surface area contributed by atoms with E-state index in [0.717, 1.165) is 5.56 Å². The Kier molecular flexibility index (Phi) is 4.99. The SMILES string of the molecule is Cc1ccc(C(=O)C[C@@]2(O)C(=O)N(Cc3ccccc3Cl)c3ccc(Cl)cc32)o1. The number of rotatable bonds is 5. The van der Waals surface area contributed by atoms with E-state index in [2.05, 4.69) is 0 Å². The van der Waals surface area contributed by atoms with E-state index >= 15 is 0 Å². The minimum Gasteiger partial charge on any atom is -0.458 e. The molecule has 1 amide bonds. The van der Waals surface area contributed by atoms with Gasteiger partial charge in [0.05, 0.1) is 18.7 Å². The third-order valence-electron chi connectivity index (χ3n) is 5.01. The molecular formula is C22H17Cl2NO4. The standard InChI is InChI=1S/C22H17Cl2NO4/c1-13-6-9-20(29-13)19(26)11-22(28)16-10-15(23)7-8-18(16)25(21(22)27)12-14-4-2-3-5-17(14)24/h2-10,28H,11-12H2,1H3/t22-/m0/s1. The normalized spacial score (nSPS) is 18.2. The number of Topliss-reactive ketones (excluding diaryl/α,β-unsaturated/α-hetero) is 1. The zero-order chi connectivity index (χ0) is 20.8. The molecule has 2 heterocycles. The van der Waals surface area contributed by atoms with Crippen LogP contribution in [0.4, 0.5) is 5.69 Å². The van der Waals surface area contributed by atoms with Crippen LogP contribution >= 0.6 is 23.2 Å². The van der Waals surface area contributed by atoms with Gasteiger partial charge in [-0.05, 0) is 48.9 Å². The Morgan fingerprint density at radius 1 is 1.14 bits per heavy atom. The summed E-state index contributed by atoms with van der Waals surface area (Å²) < 4.78 is 5.36. The summed E-state index contributed by atoms with van der Waals surface area (Å²) in [5.74, 6) is -0.412. The van der Waals surface area contributed by atoms with Crippen LogP contribution in [-0.4, -0.2) is 16.8 Å². The van der Waals surface area contributed by atoms with Gasteiger partial charge in [0, 0.05) is 15.6 Å². The lowest BCUT2D eigenvalue weighted by molar-refractivity contribution is -0.136. The van der Waals surface area contributed by atoms with Crippen molar-refractivity contribution in [3.8, 4) is 0 Å². The highest BCUT2D eigenvalue weighted by Gasteiger charge is 2.51. The number of carbonyl (C=O) groups is 2. The van der Waals surface area contributed by atoms with Gasteiger partial charge in [-0.3, -0.25) is 9.59 Å². The van der Waals surface area contributed by atoms with Gasteiger partial charge in [-0.1, -0.05) is 41.4 Å². The van der Waals surface area contributed by atoms with Crippen molar-refractivity contribution in [1.82, 2.24) is 0 Å². The van der Waals surface area contributed by atoms with Crippen LogP contribution in [0.25, 0.3) is 0 Å². The molecule has 0 radical (unpaired) electrons. The molecule has 4 rings (SSSR count). The molecule has 29 heavy (non-hydrogen) atoms. The Bertz CT molecular complexity index is 1120. The predicted octanol–water partition coefficient (Wildman–Crippen LogP) is 4.90. The molecule has 2 aromatic carbocycles. The number of benzene rings is 2. The van der Waals surface area contributed by atoms with E-state index in [9.17, 15) is 14.7 Å². The van der Waals surface area contributed by atoms with Crippen molar-refractivity contribution in [1.29, 1.82) is 0 Å². The summed E-state index contributed by atoms with van der Waals surface area (Å²) in [4.78, 5) is 27.4. The van der Waals surface area contributed by atoms with Gasteiger partial charge in [0.2, 0.25) is 5.78 Å². The molecule has 148 valence electrons. The molecule has 3 aromatic rings. The second-order valence-electron chi connectivity index (χ2n) is 7.01. The zero-order valence-electron chi connectivity index (χ0n) is 15.5. The fraction of sp³-hybridized carbons (Fsp3) is 0.182. The number of carbonyl (C=O) groups excluding carboxylic acids is 2. The van der Waals surface area contributed by atoms with E-state index in [1.54, 1.807) is 43.3 Å². The Hall–Kier alpha value is -2.60. The van der Waals surface area contributed by atoms with Gasteiger partial charge in [-0.25, -0.2) is 0 Å². The highest BCUT2D eigenvalue weighted by Crippen LogP contribution is 2.45. The average Bonchev–Trinajstić information content (AvgIpc) is 3.20. The number of aliphatic hydroxyl groups is 1. The van der Waals surface area contributed by atoms with Crippen LogP contribution in [0.3, 0.4) is 0 Å².